The van der Waals surface area contributed by atoms with Gasteiger partial charge in [0.15, 0.2) is 0 Å². The van der Waals surface area contributed by atoms with Gasteiger partial charge in [-0.15, -0.1) is 0 Å². The fourth-order valence-corrected chi connectivity index (χ4v) is 4.37. The number of hydrogen-bond donors (Lipinski definition) is 1. The lowest BCUT2D eigenvalue weighted by molar-refractivity contribution is 0.278. The Hall–Kier alpha value is -0.550. The highest BCUT2D eigenvalue weighted by atomic mass is 32.9. The van der Waals surface area contributed by atoms with E-state index in [4.69, 9.17) is 12.2 Å². The van der Waals surface area contributed by atoms with E-state index < -0.39 is 0 Å². The molecular formula is C14H16OS3. The van der Waals surface area contributed by atoms with Gasteiger partial charge < -0.3 is 5.11 Å². The molecule has 2 rings (SSSR count). The Morgan fingerprint density at radius 1 is 1.28 bits per heavy atom. The molecule has 18 heavy (non-hydrogen) atoms. The molecule has 1 heterocycles. The second-order valence-corrected chi connectivity index (χ2v) is 8.03. The number of hydrogen-bond acceptors (Lipinski definition) is 4. The van der Waals surface area contributed by atoms with E-state index in [2.05, 4.69) is 32.2 Å². The van der Waals surface area contributed by atoms with Crippen LogP contribution in [-0.2, 0) is 12.0 Å². The molecule has 0 saturated carbocycles. The summed E-state index contributed by atoms with van der Waals surface area (Å²) in [7, 11) is 3.30. The zero-order valence-corrected chi connectivity index (χ0v) is 13.1. The van der Waals surface area contributed by atoms with Crippen molar-refractivity contribution in [3.63, 3.8) is 0 Å². The Morgan fingerprint density at radius 3 is 2.50 bits per heavy atom. The van der Waals surface area contributed by atoms with Crippen molar-refractivity contribution in [3.05, 3.63) is 38.5 Å². The molecule has 2 aromatic rings. The highest BCUT2D eigenvalue weighted by Gasteiger charge is 2.18. The van der Waals surface area contributed by atoms with Gasteiger partial charge in [0, 0.05) is 10.9 Å². The van der Waals surface area contributed by atoms with E-state index in [0.29, 0.717) is 0 Å². The van der Waals surface area contributed by atoms with Gasteiger partial charge in [-0.05, 0) is 22.1 Å². The minimum Gasteiger partial charge on any atom is -0.392 e. The van der Waals surface area contributed by atoms with Crippen molar-refractivity contribution in [1.29, 1.82) is 0 Å². The molecular weight excluding hydrogens is 280 g/mol. The monoisotopic (exact) mass is 296 g/mol. The lowest BCUT2D eigenvalue weighted by atomic mass is 9.82. The molecule has 96 valence electrons. The van der Waals surface area contributed by atoms with Gasteiger partial charge in [-0.1, -0.05) is 71.9 Å². The maximum absolute atomic E-state index is 9.44. The van der Waals surface area contributed by atoms with Crippen LogP contribution in [0.2, 0.25) is 0 Å². The van der Waals surface area contributed by atoms with Crippen molar-refractivity contribution in [2.75, 3.05) is 0 Å². The first kappa shape index (κ1) is 13.9. The molecule has 0 unspecified atom stereocenters. The predicted molar refractivity (Wildman–Crippen MR) is 83.1 cm³/mol. The minimum absolute atomic E-state index is 0.0230. The summed E-state index contributed by atoms with van der Waals surface area (Å²) in [5.74, 6) is 0. The molecule has 0 aliphatic rings. The quantitative estimate of drug-likeness (QED) is 0.622. The SMILES string of the molecule is CC(C)(C)c1cc(-c2cssc2=S)ccc1CO. The van der Waals surface area contributed by atoms with Gasteiger partial charge in [0.1, 0.15) is 3.82 Å². The van der Waals surface area contributed by atoms with E-state index in [-0.39, 0.29) is 12.0 Å². The van der Waals surface area contributed by atoms with Crippen LogP contribution in [0.3, 0.4) is 0 Å². The molecule has 0 aliphatic heterocycles. The van der Waals surface area contributed by atoms with Gasteiger partial charge >= 0.3 is 0 Å². The van der Waals surface area contributed by atoms with E-state index in [0.717, 1.165) is 20.5 Å². The summed E-state index contributed by atoms with van der Waals surface area (Å²) in [6.07, 6.45) is 0. The van der Waals surface area contributed by atoms with Gasteiger partial charge in [0.2, 0.25) is 0 Å². The molecule has 0 radical (unpaired) electrons. The van der Waals surface area contributed by atoms with Crippen LogP contribution in [0.25, 0.3) is 11.1 Å². The number of aliphatic hydroxyl groups excluding tert-OH is 1. The topological polar surface area (TPSA) is 20.2 Å². The zero-order valence-electron chi connectivity index (χ0n) is 10.7. The third kappa shape index (κ3) is 2.72. The number of aliphatic hydroxyl groups is 1. The average Bonchev–Trinajstić information content (AvgIpc) is 2.73. The van der Waals surface area contributed by atoms with Crippen molar-refractivity contribution in [1.82, 2.24) is 0 Å². The molecule has 0 saturated heterocycles. The van der Waals surface area contributed by atoms with Crippen molar-refractivity contribution in [2.24, 2.45) is 0 Å². The summed E-state index contributed by atoms with van der Waals surface area (Å²) in [6, 6.07) is 6.22. The van der Waals surface area contributed by atoms with Gasteiger partial charge in [-0.2, -0.15) is 0 Å². The number of benzene rings is 1. The van der Waals surface area contributed by atoms with Gasteiger partial charge in [-0.3, -0.25) is 0 Å². The molecule has 1 aromatic heterocycles. The summed E-state index contributed by atoms with van der Waals surface area (Å²) in [6.45, 7) is 6.57. The Kier molecular flexibility index (Phi) is 4.02. The van der Waals surface area contributed by atoms with E-state index >= 15 is 0 Å². The van der Waals surface area contributed by atoms with Crippen LogP contribution < -0.4 is 0 Å². The van der Waals surface area contributed by atoms with Gasteiger partial charge in [0.05, 0.1) is 6.61 Å². The largest absolute Gasteiger partial charge is 0.392 e. The molecule has 0 aliphatic carbocycles. The first-order valence-corrected chi connectivity index (χ1v) is 8.38. The highest BCUT2D eigenvalue weighted by molar-refractivity contribution is 7.79. The molecule has 0 spiro atoms. The van der Waals surface area contributed by atoms with Crippen LogP contribution >= 0.6 is 32.9 Å². The third-order valence-electron chi connectivity index (χ3n) is 2.91. The maximum atomic E-state index is 9.44. The van der Waals surface area contributed by atoms with Crippen LogP contribution in [0, 0.1) is 3.82 Å². The average molecular weight is 296 g/mol. The highest BCUT2D eigenvalue weighted by Crippen LogP contribution is 2.33. The second kappa shape index (κ2) is 5.21. The van der Waals surface area contributed by atoms with Gasteiger partial charge in [0.25, 0.3) is 0 Å². The van der Waals surface area contributed by atoms with E-state index in [1.165, 1.54) is 5.56 Å². The lowest BCUT2D eigenvalue weighted by Crippen LogP contribution is -2.14. The van der Waals surface area contributed by atoms with E-state index in [9.17, 15) is 5.11 Å². The van der Waals surface area contributed by atoms with Crippen LogP contribution in [0.1, 0.15) is 31.9 Å². The second-order valence-electron chi connectivity index (χ2n) is 5.28. The molecule has 1 N–H and O–H groups in total. The van der Waals surface area contributed by atoms with Crippen LogP contribution in [0.5, 0.6) is 0 Å². The lowest BCUT2D eigenvalue weighted by Gasteiger charge is -2.23. The minimum atomic E-state index is 0.0230. The Morgan fingerprint density at radius 2 is 2.00 bits per heavy atom. The Bertz CT molecular complexity index is 602. The van der Waals surface area contributed by atoms with Crippen molar-refractivity contribution >= 4 is 32.9 Å². The summed E-state index contributed by atoms with van der Waals surface area (Å²) in [5, 5.41) is 11.5. The Balaban J connectivity index is 2.60. The first-order valence-electron chi connectivity index (χ1n) is 5.76. The Labute approximate surface area is 120 Å². The third-order valence-corrected chi connectivity index (χ3v) is 5.57. The fourth-order valence-electron chi connectivity index (χ4n) is 1.97. The zero-order chi connectivity index (χ0) is 13.3. The van der Waals surface area contributed by atoms with Crippen molar-refractivity contribution in [2.45, 2.75) is 32.8 Å². The predicted octanol–water partition coefficient (Wildman–Crippen LogP) is 5.00. The molecule has 1 aromatic carbocycles. The van der Waals surface area contributed by atoms with Crippen molar-refractivity contribution < 1.29 is 5.11 Å². The standard InChI is InChI=1S/C14H16OS3/c1-14(2,3)12-6-9(4-5-10(12)7-15)11-8-17-18-13(11)16/h4-6,8,15H,7H2,1-3H3. The molecule has 0 fully saturated rings. The molecule has 4 heteroatoms. The van der Waals surface area contributed by atoms with E-state index in [1.54, 1.807) is 20.7 Å². The maximum Gasteiger partial charge on any atom is 0.109 e. The summed E-state index contributed by atoms with van der Waals surface area (Å²) >= 11 is 5.34. The molecule has 0 bridgehead atoms. The smallest absolute Gasteiger partial charge is 0.109 e. The number of rotatable bonds is 2. The van der Waals surface area contributed by atoms with Crippen LogP contribution in [-0.4, -0.2) is 5.11 Å². The summed E-state index contributed by atoms with van der Waals surface area (Å²) in [5.41, 5.74) is 4.49. The van der Waals surface area contributed by atoms with Crippen molar-refractivity contribution in [3.8, 4) is 11.1 Å². The summed E-state index contributed by atoms with van der Waals surface area (Å²) < 4.78 is 0.941. The van der Waals surface area contributed by atoms with Gasteiger partial charge in [-0.25, -0.2) is 0 Å². The van der Waals surface area contributed by atoms with E-state index in [1.807, 2.05) is 12.1 Å². The van der Waals surface area contributed by atoms with Crippen LogP contribution in [0.15, 0.2) is 23.6 Å². The summed E-state index contributed by atoms with van der Waals surface area (Å²) in [4.78, 5) is 0. The molecule has 0 amide bonds. The molecule has 0 atom stereocenters. The first-order chi connectivity index (χ1) is 8.43. The normalized spacial score (nSPS) is 11.8. The van der Waals surface area contributed by atoms with Crippen LogP contribution in [0.4, 0.5) is 0 Å². The fraction of sp³-hybridized carbons (Fsp3) is 0.357. The molecule has 1 nitrogen and oxygen atoms in total.